The Morgan fingerprint density at radius 3 is 2.35 bits per heavy atom. The predicted octanol–water partition coefficient (Wildman–Crippen LogP) is 4.69. The van der Waals surface area contributed by atoms with E-state index in [-0.39, 0.29) is 0 Å². The molecule has 1 saturated heterocycles. The molecule has 3 aromatic rings. The van der Waals surface area contributed by atoms with Gasteiger partial charge in [-0.3, -0.25) is 4.90 Å². The second kappa shape index (κ2) is 8.02. The van der Waals surface area contributed by atoms with Crippen molar-refractivity contribution in [2.45, 2.75) is 19.9 Å². The molecule has 3 nitrogen and oxygen atoms in total. The summed E-state index contributed by atoms with van der Waals surface area (Å²) in [4.78, 5) is 9.85. The second-order valence-corrected chi connectivity index (χ2v) is 7.65. The largest absolute Gasteiger partial charge is 0.369 e. The summed E-state index contributed by atoms with van der Waals surface area (Å²) in [5, 5.41) is 3.35. The lowest BCUT2D eigenvalue weighted by atomic mass is 10.1. The Morgan fingerprint density at radius 2 is 1.65 bits per heavy atom. The quantitative estimate of drug-likeness (QED) is 0.655. The lowest BCUT2D eigenvalue weighted by molar-refractivity contribution is 0.247. The van der Waals surface area contributed by atoms with Gasteiger partial charge in [-0.25, -0.2) is 4.98 Å². The zero-order valence-electron chi connectivity index (χ0n) is 15.3. The van der Waals surface area contributed by atoms with E-state index in [4.69, 9.17) is 4.98 Å². The van der Waals surface area contributed by atoms with E-state index in [9.17, 15) is 0 Å². The van der Waals surface area contributed by atoms with Crippen LogP contribution in [0, 0.1) is 0 Å². The van der Waals surface area contributed by atoms with Crippen LogP contribution in [0.15, 0.2) is 60.0 Å². The first-order chi connectivity index (χ1) is 12.8. The Morgan fingerprint density at radius 1 is 0.923 bits per heavy atom. The topological polar surface area (TPSA) is 19.4 Å². The number of piperazine rings is 1. The average molecular weight is 364 g/mol. The molecule has 134 valence electrons. The molecule has 0 bridgehead atoms. The van der Waals surface area contributed by atoms with Gasteiger partial charge in [0.1, 0.15) is 5.01 Å². The molecule has 4 heteroatoms. The first kappa shape index (κ1) is 17.3. The van der Waals surface area contributed by atoms with Crippen molar-refractivity contribution in [1.82, 2.24) is 9.88 Å². The Kier molecular flexibility index (Phi) is 5.32. The van der Waals surface area contributed by atoms with Crippen molar-refractivity contribution in [1.29, 1.82) is 0 Å². The van der Waals surface area contributed by atoms with Crippen molar-refractivity contribution in [3.05, 3.63) is 71.2 Å². The maximum absolute atomic E-state index is 4.87. The van der Waals surface area contributed by atoms with Crippen LogP contribution in [0.1, 0.15) is 18.2 Å². The molecule has 26 heavy (non-hydrogen) atoms. The van der Waals surface area contributed by atoms with Crippen molar-refractivity contribution in [2.75, 3.05) is 31.1 Å². The first-order valence-corrected chi connectivity index (χ1v) is 10.3. The summed E-state index contributed by atoms with van der Waals surface area (Å²) < 4.78 is 0. The van der Waals surface area contributed by atoms with Gasteiger partial charge in [0.2, 0.25) is 0 Å². The third-order valence-corrected chi connectivity index (χ3v) is 5.98. The van der Waals surface area contributed by atoms with E-state index in [2.05, 4.69) is 76.7 Å². The van der Waals surface area contributed by atoms with Crippen LogP contribution in [0.3, 0.4) is 0 Å². The predicted molar refractivity (Wildman–Crippen MR) is 111 cm³/mol. The van der Waals surface area contributed by atoms with Gasteiger partial charge in [0.15, 0.2) is 0 Å². The number of hydrogen-bond donors (Lipinski definition) is 0. The maximum Gasteiger partial charge on any atom is 0.123 e. The summed E-state index contributed by atoms with van der Waals surface area (Å²) in [5.41, 5.74) is 5.13. The van der Waals surface area contributed by atoms with Gasteiger partial charge >= 0.3 is 0 Å². The standard InChI is InChI=1S/C22H25N3S/c1-2-18-8-10-19(11-9-18)22-23-20(17-26-22)16-24-12-14-25(15-13-24)21-6-4-3-5-7-21/h3-11,17H,2,12-16H2,1H3. The molecule has 0 aliphatic carbocycles. The lowest BCUT2D eigenvalue weighted by Gasteiger charge is -2.35. The fourth-order valence-electron chi connectivity index (χ4n) is 3.43. The van der Waals surface area contributed by atoms with Gasteiger partial charge < -0.3 is 4.90 Å². The number of anilines is 1. The molecule has 2 aromatic carbocycles. The maximum atomic E-state index is 4.87. The van der Waals surface area contributed by atoms with Gasteiger partial charge in [0, 0.05) is 49.4 Å². The Hall–Kier alpha value is -2.17. The van der Waals surface area contributed by atoms with Crippen LogP contribution >= 0.6 is 11.3 Å². The van der Waals surface area contributed by atoms with E-state index < -0.39 is 0 Å². The second-order valence-electron chi connectivity index (χ2n) is 6.79. The highest BCUT2D eigenvalue weighted by Gasteiger charge is 2.18. The summed E-state index contributed by atoms with van der Waals surface area (Å²) in [7, 11) is 0. The van der Waals surface area contributed by atoms with E-state index in [1.54, 1.807) is 11.3 Å². The zero-order chi connectivity index (χ0) is 17.8. The van der Waals surface area contributed by atoms with Crippen LogP contribution in [0.25, 0.3) is 10.6 Å². The van der Waals surface area contributed by atoms with Crippen molar-refractivity contribution in [3.8, 4) is 10.6 Å². The van der Waals surface area contributed by atoms with E-state index in [0.717, 1.165) is 44.2 Å². The smallest absolute Gasteiger partial charge is 0.123 e. The van der Waals surface area contributed by atoms with Crippen LogP contribution in [-0.2, 0) is 13.0 Å². The molecule has 2 heterocycles. The number of para-hydroxylation sites is 1. The lowest BCUT2D eigenvalue weighted by Crippen LogP contribution is -2.46. The fraction of sp³-hybridized carbons (Fsp3) is 0.318. The molecule has 1 aliphatic heterocycles. The van der Waals surface area contributed by atoms with E-state index in [1.165, 1.54) is 22.5 Å². The van der Waals surface area contributed by atoms with Gasteiger partial charge in [-0.05, 0) is 24.1 Å². The number of benzene rings is 2. The van der Waals surface area contributed by atoms with E-state index in [0.29, 0.717) is 0 Å². The average Bonchev–Trinajstić information content (AvgIpc) is 3.18. The third kappa shape index (κ3) is 3.97. The minimum absolute atomic E-state index is 0.951. The van der Waals surface area contributed by atoms with Gasteiger partial charge in [-0.2, -0.15) is 0 Å². The molecule has 0 amide bonds. The van der Waals surface area contributed by atoms with E-state index >= 15 is 0 Å². The fourth-order valence-corrected chi connectivity index (χ4v) is 4.24. The molecule has 4 rings (SSSR count). The summed E-state index contributed by atoms with van der Waals surface area (Å²) >= 11 is 1.75. The van der Waals surface area contributed by atoms with Crippen molar-refractivity contribution < 1.29 is 0 Å². The molecule has 1 aliphatic rings. The van der Waals surface area contributed by atoms with Crippen LogP contribution < -0.4 is 4.90 Å². The molecular weight excluding hydrogens is 338 g/mol. The number of nitrogens with zero attached hydrogens (tertiary/aromatic N) is 3. The summed E-state index contributed by atoms with van der Waals surface area (Å²) in [6.45, 7) is 7.49. The highest BCUT2D eigenvalue weighted by atomic mass is 32.1. The van der Waals surface area contributed by atoms with Gasteiger partial charge in [0.05, 0.1) is 5.69 Å². The normalized spacial score (nSPS) is 15.3. The highest BCUT2D eigenvalue weighted by Crippen LogP contribution is 2.25. The minimum Gasteiger partial charge on any atom is -0.369 e. The van der Waals surface area contributed by atoms with Gasteiger partial charge in [0.25, 0.3) is 0 Å². The number of hydrogen-bond acceptors (Lipinski definition) is 4. The third-order valence-electron chi connectivity index (χ3n) is 5.04. The molecule has 0 saturated carbocycles. The van der Waals surface area contributed by atoms with Crippen LogP contribution in [-0.4, -0.2) is 36.1 Å². The first-order valence-electron chi connectivity index (χ1n) is 9.38. The number of thiazole rings is 1. The molecule has 1 aromatic heterocycles. The molecule has 0 N–H and O–H groups in total. The summed E-state index contributed by atoms with van der Waals surface area (Å²) in [6.07, 6.45) is 1.08. The van der Waals surface area contributed by atoms with Crippen molar-refractivity contribution in [2.24, 2.45) is 0 Å². The van der Waals surface area contributed by atoms with Crippen LogP contribution in [0.4, 0.5) is 5.69 Å². The molecular formula is C22H25N3S. The summed E-state index contributed by atoms with van der Waals surface area (Å²) in [5.74, 6) is 0. The van der Waals surface area contributed by atoms with Crippen LogP contribution in [0.2, 0.25) is 0 Å². The molecule has 0 radical (unpaired) electrons. The molecule has 1 fully saturated rings. The Labute approximate surface area is 159 Å². The van der Waals surface area contributed by atoms with Crippen LogP contribution in [0.5, 0.6) is 0 Å². The Bertz CT molecular complexity index is 818. The number of aromatic nitrogens is 1. The van der Waals surface area contributed by atoms with Crippen molar-refractivity contribution in [3.63, 3.8) is 0 Å². The van der Waals surface area contributed by atoms with Gasteiger partial charge in [-0.15, -0.1) is 11.3 Å². The van der Waals surface area contributed by atoms with Gasteiger partial charge in [-0.1, -0.05) is 49.4 Å². The zero-order valence-corrected chi connectivity index (χ0v) is 16.1. The number of rotatable bonds is 5. The molecule has 0 atom stereocenters. The highest BCUT2D eigenvalue weighted by molar-refractivity contribution is 7.13. The van der Waals surface area contributed by atoms with Crippen molar-refractivity contribution >= 4 is 17.0 Å². The van der Waals surface area contributed by atoms with E-state index in [1.807, 2.05) is 0 Å². The molecule has 0 unspecified atom stereocenters. The minimum atomic E-state index is 0.951. The monoisotopic (exact) mass is 363 g/mol. The number of aryl methyl sites for hydroxylation is 1. The Balaban J connectivity index is 1.35. The summed E-state index contributed by atoms with van der Waals surface area (Å²) in [6, 6.07) is 19.5. The SMILES string of the molecule is CCc1ccc(-c2nc(CN3CCN(c4ccccc4)CC3)cs2)cc1. The molecule has 0 spiro atoms.